The zero-order valence-electron chi connectivity index (χ0n) is 14.5. The zero-order chi connectivity index (χ0) is 17.6. The molecule has 0 bridgehead atoms. The molecule has 1 atom stereocenters. The molecule has 1 aliphatic rings. The second kappa shape index (κ2) is 8.14. The molecule has 1 fully saturated rings. The summed E-state index contributed by atoms with van der Waals surface area (Å²) in [6.45, 7) is 3.79. The van der Waals surface area contributed by atoms with E-state index in [0.717, 1.165) is 38.0 Å². The largest absolute Gasteiger partial charge is 0.490 e. The number of para-hydroxylation sites is 1. The van der Waals surface area contributed by atoms with Gasteiger partial charge in [-0.3, -0.25) is 9.89 Å². The molecule has 25 heavy (non-hydrogen) atoms. The van der Waals surface area contributed by atoms with Crippen LogP contribution in [0.15, 0.2) is 30.5 Å². The van der Waals surface area contributed by atoms with Crippen molar-refractivity contribution in [1.29, 1.82) is 0 Å². The summed E-state index contributed by atoms with van der Waals surface area (Å²) in [5.41, 5.74) is 2.32. The highest BCUT2D eigenvalue weighted by Crippen LogP contribution is 2.22. The first-order valence-electron chi connectivity index (χ1n) is 8.77. The molecule has 0 saturated carbocycles. The molecular formula is C19H24FN3O2. The summed E-state index contributed by atoms with van der Waals surface area (Å²) in [4.78, 5) is 14.3. The van der Waals surface area contributed by atoms with Crippen LogP contribution in [-0.4, -0.2) is 40.7 Å². The molecule has 0 unspecified atom stereocenters. The van der Waals surface area contributed by atoms with Crippen molar-refractivity contribution in [2.75, 3.05) is 19.7 Å². The lowest BCUT2D eigenvalue weighted by Gasteiger charge is -2.32. The number of carbonyl (C=O) groups is 1. The van der Waals surface area contributed by atoms with Gasteiger partial charge in [-0.25, -0.2) is 4.39 Å². The number of hydrogen-bond donors (Lipinski definition) is 1. The number of carbonyl (C=O) groups excluding carboxylic acids is 1. The molecule has 6 heteroatoms. The maximum Gasteiger partial charge on any atom is 0.226 e. The van der Waals surface area contributed by atoms with Crippen LogP contribution in [0, 0.1) is 18.7 Å². The number of nitrogens with zero attached hydrogens (tertiary/aromatic N) is 2. The number of halogens is 1. The van der Waals surface area contributed by atoms with E-state index >= 15 is 0 Å². The van der Waals surface area contributed by atoms with E-state index in [-0.39, 0.29) is 24.7 Å². The summed E-state index contributed by atoms with van der Waals surface area (Å²) in [5, 5.41) is 7.11. The predicted octanol–water partition coefficient (Wildman–Crippen LogP) is 3.11. The smallest absolute Gasteiger partial charge is 0.226 e. The normalized spacial score (nSPS) is 17.5. The Bertz CT molecular complexity index is 716. The van der Waals surface area contributed by atoms with Gasteiger partial charge in [-0.05, 0) is 49.8 Å². The number of ether oxygens (including phenoxy) is 1. The van der Waals surface area contributed by atoms with Crippen molar-refractivity contribution in [3.8, 4) is 5.75 Å². The zero-order valence-corrected chi connectivity index (χ0v) is 14.5. The molecule has 1 aromatic carbocycles. The van der Waals surface area contributed by atoms with E-state index in [9.17, 15) is 9.18 Å². The van der Waals surface area contributed by atoms with E-state index < -0.39 is 5.82 Å². The minimum Gasteiger partial charge on any atom is -0.490 e. The summed E-state index contributed by atoms with van der Waals surface area (Å²) in [6.07, 6.45) is 5.15. The lowest BCUT2D eigenvalue weighted by atomic mass is 9.92. The molecule has 1 amide bonds. The monoisotopic (exact) mass is 345 g/mol. The van der Waals surface area contributed by atoms with E-state index in [4.69, 9.17) is 4.74 Å². The van der Waals surface area contributed by atoms with E-state index in [2.05, 4.69) is 10.2 Å². The molecule has 134 valence electrons. The van der Waals surface area contributed by atoms with Crippen LogP contribution in [0.1, 0.15) is 30.5 Å². The van der Waals surface area contributed by atoms with Crippen molar-refractivity contribution in [1.82, 2.24) is 15.1 Å². The fourth-order valence-electron chi connectivity index (χ4n) is 3.29. The highest BCUT2D eigenvalue weighted by Gasteiger charge is 2.24. The number of hydrogen-bond acceptors (Lipinski definition) is 3. The van der Waals surface area contributed by atoms with Gasteiger partial charge in [-0.15, -0.1) is 0 Å². The van der Waals surface area contributed by atoms with Crippen LogP contribution in [-0.2, 0) is 11.2 Å². The molecule has 0 spiro atoms. The predicted molar refractivity (Wildman–Crippen MR) is 92.8 cm³/mol. The lowest BCUT2D eigenvalue weighted by Crippen LogP contribution is -2.41. The van der Waals surface area contributed by atoms with Gasteiger partial charge >= 0.3 is 0 Å². The first kappa shape index (κ1) is 17.5. The Hall–Kier alpha value is -2.37. The van der Waals surface area contributed by atoms with Gasteiger partial charge in [0.25, 0.3) is 0 Å². The minimum absolute atomic E-state index is 0.0716. The second-order valence-corrected chi connectivity index (χ2v) is 6.61. The summed E-state index contributed by atoms with van der Waals surface area (Å²) >= 11 is 0. The molecule has 1 aliphatic heterocycles. The van der Waals surface area contributed by atoms with Gasteiger partial charge in [-0.1, -0.05) is 12.1 Å². The maximum absolute atomic E-state index is 13.5. The van der Waals surface area contributed by atoms with Crippen LogP contribution in [0.5, 0.6) is 5.75 Å². The van der Waals surface area contributed by atoms with Crippen LogP contribution in [0.4, 0.5) is 4.39 Å². The Labute approximate surface area is 147 Å². The third kappa shape index (κ3) is 4.59. The standard InChI is InChI=1S/C19H24FN3O2/c1-14-12-21-22-17(14)11-15-5-4-9-23(13-15)19(24)8-10-25-18-7-3-2-6-16(18)20/h2-3,6-7,12,15H,4-5,8-11,13H2,1H3,(H,21,22)/t15-/m1/s1. The molecule has 1 N–H and O–H groups in total. The number of aromatic nitrogens is 2. The van der Waals surface area contributed by atoms with Crippen LogP contribution in [0.3, 0.4) is 0 Å². The Morgan fingerprint density at radius 3 is 3.04 bits per heavy atom. The van der Waals surface area contributed by atoms with E-state index in [1.165, 1.54) is 11.6 Å². The number of nitrogens with one attached hydrogen (secondary N) is 1. The van der Waals surface area contributed by atoms with Crippen molar-refractivity contribution < 1.29 is 13.9 Å². The molecule has 0 aliphatic carbocycles. The number of rotatable bonds is 6. The highest BCUT2D eigenvalue weighted by molar-refractivity contribution is 5.76. The number of likely N-dealkylation sites (tertiary alicyclic amines) is 1. The molecule has 1 saturated heterocycles. The van der Waals surface area contributed by atoms with Crippen molar-refractivity contribution in [3.05, 3.63) is 47.5 Å². The van der Waals surface area contributed by atoms with Gasteiger partial charge < -0.3 is 9.64 Å². The Morgan fingerprint density at radius 1 is 1.44 bits per heavy atom. The number of benzene rings is 1. The van der Waals surface area contributed by atoms with Crippen molar-refractivity contribution in [2.24, 2.45) is 5.92 Å². The summed E-state index contributed by atoms with van der Waals surface area (Å²) in [5.74, 6) is 0.316. The summed E-state index contributed by atoms with van der Waals surface area (Å²) in [6, 6.07) is 6.25. The molecular weight excluding hydrogens is 321 g/mol. The van der Waals surface area contributed by atoms with Crippen molar-refractivity contribution in [2.45, 2.75) is 32.6 Å². The first-order chi connectivity index (χ1) is 12.1. The topological polar surface area (TPSA) is 58.2 Å². The third-order valence-corrected chi connectivity index (χ3v) is 4.71. The number of amides is 1. The molecule has 3 rings (SSSR count). The lowest BCUT2D eigenvalue weighted by molar-refractivity contribution is -0.133. The number of aryl methyl sites for hydroxylation is 1. The van der Waals surface area contributed by atoms with E-state index in [1.807, 2.05) is 18.0 Å². The SMILES string of the molecule is Cc1cn[nH]c1C[C@H]1CCCN(C(=O)CCOc2ccccc2F)C1. The van der Waals surface area contributed by atoms with Gasteiger partial charge in [0.1, 0.15) is 0 Å². The summed E-state index contributed by atoms with van der Waals surface area (Å²) < 4.78 is 18.9. The Balaban J connectivity index is 1.47. The van der Waals surface area contributed by atoms with Gasteiger partial charge in [0.15, 0.2) is 11.6 Å². The number of H-pyrrole nitrogens is 1. The van der Waals surface area contributed by atoms with Crippen LogP contribution >= 0.6 is 0 Å². The molecule has 5 nitrogen and oxygen atoms in total. The van der Waals surface area contributed by atoms with E-state index in [1.54, 1.807) is 18.2 Å². The van der Waals surface area contributed by atoms with E-state index in [0.29, 0.717) is 5.92 Å². The number of aromatic amines is 1. The average Bonchev–Trinajstić information content (AvgIpc) is 3.01. The average molecular weight is 345 g/mol. The molecule has 0 radical (unpaired) electrons. The van der Waals surface area contributed by atoms with Crippen LogP contribution in [0.25, 0.3) is 0 Å². The maximum atomic E-state index is 13.5. The summed E-state index contributed by atoms with van der Waals surface area (Å²) in [7, 11) is 0. The quantitative estimate of drug-likeness (QED) is 0.875. The van der Waals surface area contributed by atoms with Crippen molar-refractivity contribution >= 4 is 5.91 Å². The van der Waals surface area contributed by atoms with Gasteiger partial charge in [0, 0.05) is 18.8 Å². The van der Waals surface area contributed by atoms with Gasteiger partial charge in [0.05, 0.1) is 19.2 Å². The number of piperidine rings is 1. The Kier molecular flexibility index (Phi) is 5.68. The third-order valence-electron chi connectivity index (χ3n) is 4.71. The molecule has 2 heterocycles. The second-order valence-electron chi connectivity index (χ2n) is 6.61. The van der Waals surface area contributed by atoms with Crippen LogP contribution < -0.4 is 4.74 Å². The molecule has 1 aromatic heterocycles. The fraction of sp³-hybridized carbons (Fsp3) is 0.474. The first-order valence-corrected chi connectivity index (χ1v) is 8.77. The Morgan fingerprint density at radius 2 is 2.28 bits per heavy atom. The fourth-order valence-corrected chi connectivity index (χ4v) is 3.29. The van der Waals surface area contributed by atoms with Gasteiger partial charge in [0.2, 0.25) is 5.91 Å². The molecule has 2 aromatic rings. The minimum atomic E-state index is -0.400. The van der Waals surface area contributed by atoms with Crippen molar-refractivity contribution in [3.63, 3.8) is 0 Å². The highest BCUT2D eigenvalue weighted by atomic mass is 19.1. The van der Waals surface area contributed by atoms with Crippen LogP contribution in [0.2, 0.25) is 0 Å². The van der Waals surface area contributed by atoms with Gasteiger partial charge in [-0.2, -0.15) is 5.10 Å².